The normalized spacial score (nSPS) is 12.6. The standard InChI is InChI=1S/C13H6F7N/c14-5-2-1-4(3-6(5)15)13(21)7-8(16)10(18)12(20)11(19)9(7)17/h1-3,13H,21H2. The van der Waals surface area contributed by atoms with Gasteiger partial charge in [0.25, 0.3) is 0 Å². The van der Waals surface area contributed by atoms with E-state index >= 15 is 0 Å². The molecule has 8 heteroatoms. The van der Waals surface area contributed by atoms with Crippen LogP contribution in [-0.2, 0) is 0 Å². The van der Waals surface area contributed by atoms with Crippen molar-refractivity contribution in [3.63, 3.8) is 0 Å². The number of hydrogen-bond acceptors (Lipinski definition) is 1. The second-order valence-electron chi connectivity index (χ2n) is 4.13. The highest BCUT2D eigenvalue weighted by atomic mass is 19.2. The van der Waals surface area contributed by atoms with E-state index in [4.69, 9.17) is 5.73 Å². The first-order chi connectivity index (χ1) is 9.75. The van der Waals surface area contributed by atoms with E-state index in [1.54, 1.807) is 0 Å². The molecule has 0 amide bonds. The Morgan fingerprint density at radius 2 is 1.14 bits per heavy atom. The third-order valence-corrected chi connectivity index (χ3v) is 2.86. The molecule has 0 aliphatic heterocycles. The first-order valence-corrected chi connectivity index (χ1v) is 5.47. The summed E-state index contributed by atoms with van der Waals surface area (Å²) in [6.07, 6.45) is 0. The van der Waals surface area contributed by atoms with Crippen LogP contribution >= 0.6 is 0 Å². The molecule has 0 aliphatic rings. The van der Waals surface area contributed by atoms with Crippen LogP contribution in [0.4, 0.5) is 30.7 Å². The third kappa shape index (κ3) is 2.46. The number of benzene rings is 2. The molecule has 2 N–H and O–H groups in total. The van der Waals surface area contributed by atoms with Crippen LogP contribution in [0, 0.1) is 40.7 Å². The first-order valence-electron chi connectivity index (χ1n) is 5.47. The molecule has 0 heterocycles. The maximum Gasteiger partial charge on any atom is 0.200 e. The van der Waals surface area contributed by atoms with E-state index in [1.165, 1.54) is 0 Å². The first kappa shape index (κ1) is 15.3. The van der Waals surface area contributed by atoms with Gasteiger partial charge in [0.2, 0.25) is 5.82 Å². The Balaban J connectivity index is 2.63. The van der Waals surface area contributed by atoms with E-state index in [0.29, 0.717) is 12.1 Å². The molecule has 1 unspecified atom stereocenters. The minimum Gasteiger partial charge on any atom is -0.320 e. The minimum absolute atomic E-state index is 0.350. The van der Waals surface area contributed by atoms with E-state index in [9.17, 15) is 30.7 Å². The van der Waals surface area contributed by atoms with Gasteiger partial charge in [0.15, 0.2) is 34.9 Å². The molecular formula is C13H6F7N. The molecule has 0 radical (unpaired) electrons. The van der Waals surface area contributed by atoms with Gasteiger partial charge in [0.1, 0.15) is 0 Å². The Kier molecular flexibility index (Phi) is 3.91. The van der Waals surface area contributed by atoms with Crippen molar-refractivity contribution in [2.24, 2.45) is 5.73 Å². The van der Waals surface area contributed by atoms with E-state index in [0.717, 1.165) is 6.07 Å². The fraction of sp³-hybridized carbons (Fsp3) is 0.0769. The van der Waals surface area contributed by atoms with Gasteiger partial charge in [-0.15, -0.1) is 0 Å². The van der Waals surface area contributed by atoms with Crippen LogP contribution in [0.2, 0.25) is 0 Å². The Labute approximate surface area is 113 Å². The minimum atomic E-state index is -2.33. The lowest BCUT2D eigenvalue weighted by molar-refractivity contribution is 0.367. The third-order valence-electron chi connectivity index (χ3n) is 2.86. The average molecular weight is 309 g/mol. The van der Waals surface area contributed by atoms with E-state index < -0.39 is 52.3 Å². The molecule has 2 rings (SSSR count). The molecule has 0 saturated carbocycles. The lowest BCUT2D eigenvalue weighted by Crippen LogP contribution is -2.19. The highest BCUT2D eigenvalue weighted by Gasteiger charge is 2.29. The zero-order valence-corrected chi connectivity index (χ0v) is 10.0. The maximum absolute atomic E-state index is 13.5. The largest absolute Gasteiger partial charge is 0.320 e. The summed E-state index contributed by atoms with van der Waals surface area (Å²) in [7, 11) is 0. The molecule has 0 fully saturated rings. The Bertz CT molecular complexity index is 685. The summed E-state index contributed by atoms with van der Waals surface area (Å²) in [5.41, 5.74) is 3.73. The Hall–Kier alpha value is -2.09. The zero-order valence-electron chi connectivity index (χ0n) is 10.0. The SMILES string of the molecule is NC(c1ccc(F)c(F)c1)c1c(F)c(F)c(F)c(F)c1F. The highest BCUT2D eigenvalue weighted by molar-refractivity contribution is 5.35. The van der Waals surface area contributed by atoms with Gasteiger partial charge >= 0.3 is 0 Å². The summed E-state index contributed by atoms with van der Waals surface area (Å²) in [6, 6.07) is 0.153. The molecule has 0 aliphatic carbocycles. The number of nitrogens with two attached hydrogens (primary N) is 1. The van der Waals surface area contributed by atoms with Crippen LogP contribution in [0.3, 0.4) is 0 Å². The van der Waals surface area contributed by atoms with Crippen LogP contribution in [0.25, 0.3) is 0 Å². The molecule has 1 nitrogen and oxygen atoms in total. The van der Waals surface area contributed by atoms with Crippen LogP contribution < -0.4 is 5.73 Å². The fourth-order valence-electron chi connectivity index (χ4n) is 1.77. The lowest BCUT2D eigenvalue weighted by atomic mass is 9.97. The summed E-state index contributed by atoms with van der Waals surface area (Å²) >= 11 is 0. The van der Waals surface area contributed by atoms with E-state index in [1.807, 2.05) is 0 Å². The molecule has 112 valence electrons. The van der Waals surface area contributed by atoms with Crippen molar-refractivity contribution in [3.8, 4) is 0 Å². The van der Waals surface area contributed by atoms with Crippen LogP contribution in [0.5, 0.6) is 0 Å². The number of halogens is 7. The predicted octanol–water partition coefficient (Wildman–Crippen LogP) is 3.71. The lowest BCUT2D eigenvalue weighted by Gasteiger charge is -2.16. The summed E-state index contributed by atoms with van der Waals surface area (Å²) in [5.74, 6) is -13.5. The van der Waals surface area contributed by atoms with Gasteiger partial charge in [-0.1, -0.05) is 6.07 Å². The average Bonchev–Trinajstić information content (AvgIpc) is 2.46. The molecule has 0 saturated heterocycles. The van der Waals surface area contributed by atoms with Crippen molar-refractivity contribution in [2.75, 3.05) is 0 Å². The van der Waals surface area contributed by atoms with Crippen molar-refractivity contribution in [1.29, 1.82) is 0 Å². The molecule has 2 aromatic rings. The van der Waals surface area contributed by atoms with Crippen molar-refractivity contribution in [3.05, 3.63) is 70.0 Å². The molecule has 0 aromatic heterocycles. The zero-order chi connectivity index (χ0) is 15.9. The van der Waals surface area contributed by atoms with Gasteiger partial charge in [0, 0.05) is 0 Å². The quantitative estimate of drug-likeness (QED) is 0.511. The maximum atomic E-state index is 13.5. The molecule has 21 heavy (non-hydrogen) atoms. The summed E-state index contributed by atoms with van der Waals surface area (Å²) in [4.78, 5) is 0. The van der Waals surface area contributed by atoms with Gasteiger partial charge in [-0.3, -0.25) is 0 Å². The second kappa shape index (κ2) is 5.36. The molecule has 2 aromatic carbocycles. The van der Waals surface area contributed by atoms with Gasteiger partial charge in [-0.25, -0.2) is 30.7 Å². The Morgan fingerprint density at radius 3 is 1.62 bits per heavy atom. The van der Waals surface area contributed by atoms with Crippen molar-refractivity contribution in [1.82, 2.24) is 0 Å². The molecule has 1 atom stereocenters. The summed E-state index contributed by atoms with van der Waals surface area (Å²) < 4.78 is 92.0. The molecule has 0 spiro atoms. The second-order valence-corrected chi connectivity index (χ2v) is 4.13. The van der Waals surface area contributed by atoms with Gasteiger partial charge in [-0.05, 0) is 17.7 Å². The fourth-order valence-corrected chi connectivity index (χ4v) is 1.77. The van der Waals surface area contributed by atoms with Crippen LogP contribution in [0.1, 0.15) is 17.2 Å². The van der Waals surface area contributed by atoms with E-state index in [2.05, 4.69) is 0 Å². The molecule has 0 bridgehead atoms. The van der Waals surface area contributed by atoms with Crippen molar-refractivity contribution in [2.45, 2.75) is 6.04 Å². The van der Waals surface area contributed by atoms with Gasteiger partial charge in [0.05, 0.1) is 11.6 Å². The Morgan fingerprint density at radius 1 is 0.667 bits per heavy atom. The van der Waals surface area contributed by atoms with Crippen molar-refractivity contribution < 1.29 is 30.7 Å². The number of rotatable bonds is 2. The van der Waals surface area contributed by atoms with Gasteiger partial charge in [-0.2, -0.15) is 0 Å². The van der Waals surface area contributed by atoms with Gasteiger partial charge < -0.3 is 5.73 Å². The smallest absolute Gasteiger partial charge is 0.200 e. The van der Waals surface area contributed by atoms with E-state index in [-0.39, 0.29) is 5.56 Å². The topological polar surface area (TPSA) is 26.0 Å². The van der Waals surface area contributed by atoms with Crippen LogP contribution in [0.15, 0.2) is 18.2 Å². The highest BCUT2D eigenvalue weighted by Crippen LogP contribution is 2.30. The van der Waals surface area contributed by atoms with Crippen molar-refractivity contribution >= 4 is 0 Å². The monoisotopic (exact) mass is 309 g/mol. The summed E-state index contributed by atoms with van der Waals surface area (Å²) in [5, 5.41) is 0. The van der Waals surface area contributed by atoms with Crippen LogP contribution in [-0.4, -0.2) is 0 Å². The predicted molar refractivity (Wildman–Crippen MR) is 58.6 cm³/mol. The summed E-state index contributed by atoms with van der Waals surface area (Å²) in [6.45, 7) is 0. The number of hydrogen-bond donors (Lipinski definition) is 1. The molecular weight excluding hydrogens is 303 g/mol.